The molecule has 0 saturated heterocycles. The van der Waals surface area contributed by atoms with E-state index in [1.54, 1.807) is 16.9 Å². The van der Waals surface area contributed by atoms with Crippen LogP contribution in [0.3, 0.4) is 0 Å². The number of carbonyl (C=O) groups excluding carboxylic acids is 1. The van der Waals surface area contributed by atoms with E-state index in [0.29, 0.717) is 5.69 Å². The lowest BCUT2D eigenvalue weighted by Crippen LogP contribution is -2.50. The van der Waals surface area contributed by atoms with E-state index in [1.807, 2.05) is 4.90 Å². The smallest absolute Gasteiger partial charge is 0.272 e. The zero-order valence-electron chi connectivity index (χ0n) is 8.82. The Balaban J connectivity index is 2.35. The van der Waals surface area contributed by atoms with Crippen LogP contribution in [0, 0.1) is 0 Å². The monoisotopic (exact) mass is 193 g/mol. The molecule has 0 bridgehead atoms. The second kappa shape index (κ2) is 2.83. The molecule has 0 spiro atoms. The maximum absolute atomic E-state index is 12.0. The summed E-state index contributed by atoms with van der Waals surface area (Å²) in [6.45, 7) is 7.70. The first-order chi connectivity index (χ1) is 6.50. The summed E-state index contributed by atoms with van der Waals surface area (Å²) in [6.07, 6.45) is 1.68. The Kier molecular flexibility index (Phi) is 1.87. The SMILES string of the molecule is CC(C)(C)N1CCn2nccc2C1=O. The molecule has 1 aliphatic heterocycles. The number of rotatable bonds is 0. The van der Waals surface area contributed by atoms with Gasteiger partial charge in [-0.15, -0.1) is 0 Å². The van der Waals surface area contributed by atoms with Gasteiger partial charge < -0.3 is 4.90 Å². The Morgan fingerprint density at radius 1 is 1.36 bits per heavy atom. The van der Waals surface area contributed by atoms with Crippen LogP contribution in [0.5, 0.6) is 0 Å². The topological polar surface area (TPSA) is 38.1 Å². The van der Waals surface area contributed by atoms with E-state index in [2.05, 4.69) is 25.9 Å². The van der Waals surface area contributed by atoms with Crippen LogP contribution in [0.4, 0.5) is 0 Å². The van der Waals surface area contributed by atoms with E-state index >= 15 is 0 Å². The second-order valence-corrected chi connectivity index (χ2v) is 4.57. The molecule has 4 nitrogen and oxygen atoms in total. The van der Waals surface area contributed by atoms with Crippen LogP contribution in [-0.4, -0.2) is 32.7 Å². The number of nitrogens with zero attached hydrogens (tertiary/aromatic N) is 3. The Labute approximate surface area is 83.5 Å². The van der Waals surface area contributed by atoms with Gasteiger partial charge in [0.1, 0.15) is 5.69 Å². The fourth-order valence-corrected chi connectivity index (χ4v) is 1.77. The number of fused-ring (bicyclic) bond motifs is 1. The van der Waals surface area contributed by atoms with Gasteiger partial charge in [0.05, 0.1) is 6.54 Å². The zero-order valence-corrected chi connectivity index (χ0v) is 8.82. The highest BCUT2D eigenvalue weighted by Crippen LogP contribution is 2.20. The summed E-state index contributed by atoms with van der Waals surface area (Å²) in [7, 11) is 0. The molecule has 76 valence electrons. The van der Waals surface area contributed by atoms with Crippen molar-refractivity contribution in [1.82, 2.24) is 14.7 Å². The number of hydrogen-bond donors (Lipinski definition) is 0. The molecule has 1 aromatic rings. The lowest BCUT2D eigenvalue weighted by Gasteiger charge is -2.38. The predicted octanol–water partition coefficient (Wildman–Crippen LogP) is 1.14. The standard InChI is InChI=1S/C10H15N3O/c1-10(2,3)12-6-7-13-8(9(12)14)4-5-11-13/h4-5H,6-7H2,1-3H3. The molecule has 2 rings (SSSR count). The third-order valence-electron chi connectivity index (χ3n) is 2.53. The highest BCUT2D eigenvalue weighted by molar-refractivity contribution is 5.93. The maximum atomic E-state index is 12.0. The average molecular weight is 193 g/mol. The molecule has 1 aliphatic rings. The number of carbonyl (C=O) groups is 1. The van der Waals surface area contributed by atoms with Gasteiger partial charge in [-0.1, -0.05) is 0 Å². The third kappa shape index (κ3) is 1.31. The molecule has 1 aromatic heterocycles. The fourth-order valence-electron chi connectivity index (χ4n) is 1.77. The Morgan fingerprint density at radius 2 is 2.07 bits per heavy atom. The van der Waals surface area contributed by atoms with Gasteiger partial charge in [0.2, 0.25) is 0 Å². The summed E-state index contributed by atoms with van der Waals surface area (Å²) in [5.41, 5.74) is 0.596. The molecular weight excluding hydrogens is 178 g/mol. The largest absolute Gasteiger partial charge is 0.331 e. The van der Waals surface area contributed by atoms with Crippen LogP contribution in [0.1, 0.15) is 31.3 Å². The lowest BCUT2D eigenvalue weighted by atomic mass is 10.0. The van der Waals surface area contributed by atoms with Crippen molar-refractivity contribution < 1.29 is 4.79 Å². The van der Waals surface area contributed by atoms with Crippen molar-refractivity contribution in [2.75, 3.05) is 6.54 Å². The number of amides is 1. The molecule has 0 atom stereocenters. The molecule has 0 aromatic carbocycles. The highest BCUT2D eigenvalue weighted by Gasteiger charge is 2.32. The minimum Gasteiger partial charge on any atom is -0.331 e. The highest BCUT2D eigenvalue weighted by atomic mass is 16.2. The normalized spacial score (nSPS) is 17.1. The van der Waals surface area contributed by atoms with E-state index in [0.717, 1.165) is 13.1 Å². The zero-order chi connectivity index (χ0) is 10.3. The van der Waals surface area contributed by atoms with Gasteiger partial charge in [-0.05, 0) is 26.8 Å². The van der Waals surface area contributed by atoms with Gasteiger partial charge in [0.25, 0.3) is 5.91 Å². The van der Waals surface area contributed by atoms with Crippen LogP contribution >= 0.6 is 0 Å². The van der Waals surface area contributed by atoms with Gasteiger partial charge in [0, 0.05) is 18.3 Å². The summed E-state index contributed by atoms with van der Waals surface area (Å²) >= 11 is 0. The molecule has 0 fully saturated rings. The van der Waals surface area contributed by atoms with Crippen LogP contribution in [-0.2, 0) is 6.54 Å². The molecule has 4 heteroatoms. The number of aromatic nitrogens is 2. The van der Waals surface area contributed by atoms with Crippen LogP contribution < -0.4 is 0 Å². The number of hydrogen-bond acceptors (Lipinski definition) is 2. The average Bonchev–Trinajstić information content (AvgIpc) is 2.50. The summed E-state index contributed by atoms with van der Waals surface area (Å²) in [4.78, 5) is 13.9. The van der Waals surface area contributed by atoms with E-state index in [4.69, 9.17) is 0 Å². The van der Waals surface area contributed by atoms with Crippen molar-refractivity contribution >= 4 is 5.91 Å². The van der Waals surface area contributed by atoms with Crippen molar-refractivity contribution in [2.24, 2.45) is 0 Å². The third-order valence-corrected chi connectivity index (χ3v) is 2.53. The van der Waals surface area contributed by atoms with Crippen molar-refractivity contribution in [3.05, 3.63) is 18.0 Å². The minimum atomic E-state index is -0.105. The minimum absolute atomic E-state index is 0.0845. The van der Waals surface area contributed by atoms with E-state index < -0.39 is 0 Å². The first kappa shape index (κ1) is 9.24. The fraction of sp³-hybridized carbons (Fsp3) is 0.600. The van der Waals surface area contributed by atoms with Crippen molar-refractivity contribution in [2.45, 2.75) is 32.9 Å². The Morgan fingerprint density at radius 3 is 2.71 bits per heavy atom. The van der Waals surface area contributed by atoms with Crippen LogP contribution in [0.15, 0.2) is 12.3 Å². The van der Waals surface area contributed by atoms with Crippen molar-refractivity contribution in [3.8, 4) is 0 Å². The van der Waals surface area contributed by atoms with Gasteiger partial charge in [-0.25, -0.2) is 0 Å². The lowest BCUT2D eigenvalue weighted by molar-refractivity contribution is 0.0505. The van der Waals surface area contributed by atoms with Gasteiger partial charge in [0.15, 0.2) is 0 Å². The van der Waals surface area contributed by atoms with Crippen molar-refractivity contribution in [1.29, 1.82) is 0 Å². The Hall–Kier alpha value is -1.32. The van der Waals surface area contributed by atoms with Crippen LogP contribution in [0.2, 0.25) is 0 Å². The summed E-state index contributed by atoms with van der Waals surface area (Å²) in [5, 5.41) is 4.09. The van der Waals surface area contributed by atoms with E-state index in [9.17, 15) is 4.79 Å². The summed E-state index contributed by atoms with van der Waals surface area (Å²) in [6, 6.07) is 1.78. The molecule has 2 heterocycles. The van der Waals surface area contributed by atoms with Gasteiger partial charge >= 0.3 is 0 Å². The van der Waals surface area contributed by atoms with E-state index in [-0.39, 0.29) is 11.4 Å². The van der Waals surface area contributed by atoms with Gasteiger partial charge in [-0.3, -0.25) is 9.48 Å². The van der Waals surface area contributed by atoms with Crippen molar-refractivity contribution in [3.63, 3.8) is 0 Å². The summed E-state index contributed by atoms with van der Waals surface area (Å²) in [5.74, 6) is 0.0845. The van der Waals surface area contributed by atoms with Crippen LogP contribution in [0.25, 0.3) is 0 Å². The molecule has 1 amide bonds. The molecular formula is C10H15N3O. The molecule has 14 heavy (non-hydrogen) atoms. The molecule has 0 aliphatic carbocycles. The van der Waals surface area contributed by atoms with Gasteiger partial charge in [-0.2, -0.15) is 5.10 Å². The molecule has 0 unspecified atom stereocenters. The molecule has 0 saturated carbocycles. The quantitative estimate of drug-likeness (QED) is 0.619. The first-order valence-corrected chi connectivity index (χ1v) is 4.84. The second-order valence-electron chi connectivity index (χ2n) is 4.57. The Bertz CT molecular complexity index is 362. The maximum Gasteiger partial charge on any atom is 0.272 e. The predicted molar refractivity (Wildman–Crippen MR) is 53.0 cm³/mol. The molecule has 0 radical (unpaired) electrons. The first-order valence-electron chi connectivity index (χ1n) is 4.84. The summed E-state index contributed by atoms with van der Waals surface area (Å²) < 4.78 is 1.77. The van der Waals surface area contributed by atoms with E-state index in [1.165, 1.54) is 0 Å². The molecule has 0 N–H and O–H groups in total.